The van der Waals surface area contributed by atoms with Crippen molar-refractivity contribution in [1.29, 1.82) is 0 Å². The molecule has 0 aliphatic carbocycles. The number of hydrogen-bond donors (Lipinski definition) is 2. The number of hydrogen-bond acceptors (Lipinski definition) is 3. The number of rotatable bonds is 6. The zero-order valence-electron chi connectivity index (χ0n) is 23.6. The maximum Gasteiger partial charge on any atom is 0.226 e. The van der Waals surface area contributed by atoms with Gasteiger partial charge in [0.25, 0.3) is 0 Å². The largest absolute Gasteiger partial charge is 0.351 e. The smallest absolute Gasteiger partial charge is 0.226 e. The van der Waals surface area contributed by atoms with Crippen LogP contribution in [0.2, 0.25) is 5.02 Å². The molecule has 3 heterocycles. The van der Waals surface area contributed by atoms with Gasteiger partial charge in [-0.1, -0.05) is 37.6 Å². The van der Waals surface area contributed by atoms with Crippen LogP contribution in [0.3, 0.4) is 0 Å². The predicted molar refractivity (Wildman–Crippen MR) is 168 cm³/mol. The van der Waals surface area contributed by atoms with Gasteiger partial charge in [0.2, 0.25) is 5.91 Å². The van der Waals surface area contributed by atoms with Gasteiger partial charge in [-0.15, -0.1) is 0 Å². The van der Waals surface area contributed by atoms with Crippen molar-refractivity contribution in [3.8, 4) is 5.69 Å². The quantitative estimate of drug-likeness (QED) is 0.234. The van der Waals surface area contributed by atoms with E-state index < -0.39 is 0 Å². The molecule has 8 heteroatoms. The lowest BCUT2D eigenvalue weighted by molar-refractivity contribution is -0.118. The van der Waals surface area contributed by atoms with Crippen molar-refractivity contribution >= 4 is 46.2 Å². The van der Waals surface area contributed by atoms with Crippen molar-refractivity contribution in [3.63, 3.8) is 0 Å². The Bertz CT molecular complexity index is 1600. The van der Waals surface area contributed by atoms with Crippen molar-refractivity contribution in [3.05, 3.63) is 106 Å². The third kappa shape index (κ3) is 5.11. The first-order valence-electron chi connectivity index (χ1n) is 13.4. The van der Waals surface area contributed by atoms with Crippen LogP contribution in [-0.4, -0.2) is 20.6 Å². The molecule has 2 atom stereocenters. The van der Waals surface area contributed by atoms with E-state index >= 15 is 0 Å². The third-order valence-electron chi connectivity index (χ3n) is 7.57. The lowest BCUT2D eigenvalue weighted by Gasteiger charge is -2.29. The molecule has 0 saturated carbocycles. The minimum Gasteiger partial charge on any atom is -0.351 e. The molecule has 1 fully saturated rings. The number of benzene rings is 2. The summed E-state index contributed by atoms with van der Waals surface area (Å²) in [4.78, 5) is 19.2. The number of aryl methyl sites for hydroxylation is 3. The van der Waals surface area contributed by atoms with Crippen molar-refractivity contribution in [1.82, 2.24) is 14.9 Å². The summed E-state index contributed by atoms with van der Waals surface area (Å²) in [5.41, 5.74) is 9.21. The molecule has 4 aromatic rings. The van der Waals surface area contributed by atoms with E-state index in [2.05, 4.69) is 53.0 Å². The number of anilines is 2. The Morgan fingerprint density at radius 2 is 1.80 bits per heavy atom. The summed E-state index contributed by atoms with van der Waals surface area (Å²) in [6.45, 7) is 12.1. The number of carbonyl (C=O) groups is 1. The third-order valence-corrected chi connectivity index (χ3v) is 8.12. The molecule has 2 N–H and O–H groups in total. The molecule has 0 bridgehead atoms. The first kappa shape index (κ1) is 27.9. The second-order valence-electron chi connectivity index (χ2n) is 10.7. The van der Waals surface area contributed by atoms with Gasteiger partial charge in [0, 0.05) is 45.6 Å². The van der Waals surface area contributed by atoms with Gasteiger partial charge in [-0.2, -0.15) is 0 Å². The Hall–Kier alpha value is -3.68. The molecule has 6 nitrogen and oxygen atoms in total. The molecule has 2 aromatic heterocycles. The Labute approximate surface area is 246 Å². The maximum atomic E-state index is 12.4. The molecule has 2 aromatic carbocycles. The van der Waals surface area contributed by atoms with E-state index in [1.165, 1.54) is 0 Å². The van der Waals surface area contributed by atoms with Crippen LogP contribution in [-0.2, 0) is 4.79 Å². The van der Waals surface area contributed by atoms with Crippen LogP contribution in [0.1, 0.15) is 59.7 Å². The van der Waals surface area contributed by atoms with Crippen LogP contribution in [0.5, 0.6) is 0 Å². The van der Waals surface area contributed by atoms with E-state index in [1.54, 1.807) is 0 Å². The van der Waals surface area contributed by atoms with Crippen LogP contribution >= 0.6 is 23.8 Å². The van der Waals surface area contributed by atoms with Crippen molar-refractivity contribution in [2.75, 3.05) is 10.2 Å². The molecule has 2 unspecified atom stereocenters. The minimum absolute atomic E-state index is 0.00829. The highest BCUT2D eigenvalue weighted by molar-refractivity contribution is 7.80. The molecule has 206 valence electrons. The van der Waals surface area contributed by atoms with Crippen molar-refractivity contribution < 1.29 is 4.79 Å². The average Bonchev–Trinajstić information content (AvgIpc) is 3.41. The van der Waals surface area contributed by atoms with E-state index in [0.717, 1.165) is 50.8 Å². The Balaban J connectivity index is 1.64. The zero-order valence-corrected chi connectivity index (χ0v) is 25.2. The molecule has 1 amide bonds. The van der Waals surface area contributed by atoms with Gasteiger partial charge >= 0.3 is 0 Å². The number of halogens is 1. The fourth-order valence-electron chi connectivity index (χ4n) is 5.45. The summed E-state index contributed by atoms with van der Waals surface area (Å²) < 4.78 is 2.27. The van der Waals surface area contributed by atoms with E-state index in [4.69, 9.17) is 28.8 Å². The summed E-state index contributed by atoms with van der Waals surface area (Å²) >= 11 is 12.4. The monoisotopic (exact) mass is 571 g/mol. The fraction of sp³-hybridized carbons (Fsp3) is 0.281. The molecule has 1 aliphatic rings. The first-order chi connectivity index (χ1) is 19.1. The van der Waals surface area contributed by atoms with Gasteiger partial charge in [-0.05, 0) is 105 Å². The minimum atomic E-state index is -0.163. The molecule has 0 radical (unpaired) electrons. The highest BCUT2D eigenvalue weighted by Gasteiger charge is 2.42. The Kier molecular flexibility index (Phi) is 7.71. The lowest BCUT2D eigenvalue weighted by atomic mass is 9.96. The summed E-state index contributed by atoms with van der Waals surface area (Å²) in [5.74, 6) is -0.109. The van der Waals surface area contributed by atoms with E-state index in [9.17, 15) is 4.79 Å². The number of carbonyl (C=O) groups excluding carboxylic acids is 1. The molecular formula is C32H34ClN5OS. The normalized spacial score (nSPS) is 16.9. The van der Waals surface area contributed by atoms with Crippen LogP contribution in [0.25, 0.3) is 5.69 Å². The highest BCUT2D eigenvalue weighted by Crippen LogP contribution is 2.44. The standard InChI is InChI=1S/C32H34ClN5OS/c1-18(2)31(39)35-26-13-12-24(15-20(26)4)38-30(29(36-32(38)40)27-9-7-8-14-34-27)25-16-21(5)37(22(25)6)28-17-23(33)11-10-19(28)3/h7-18,29-30H,1-6H3,(H,35,39)(H,36,40). The molecule has 40 heavy (non-hydrogen) atoms. The van der Waals surface area contributed by atoms with Gasteiger partial charge in [-0.25, -0.2) is 0 Å². The fourth-order valence-corrected chi connectivity index (χ4v) is 5.96. The number of nitrogens with zero attached hydrogens (tertiary/aromatic N) is 3. The topological polar surface area (TPSA) is 62.2 Å². The summed E-state index contributed by atoms with van der Waals surface area (Å²) in [5, 5.41) is 7.92. The first-order valence-corrected chi connectivity index (χ1v) is 14.2. The highest BCUT2D eigenvalue weighted by atomic mass is 35.5. The molecule has 0 spiro atoms. The summed E-state index contributed by atoms with van der Waals surface area (Å²) in [7, 11) is 0. The van der Waals surface area contributed by atoms with E-state index in [1.807, 2.05) is 75.5 Å². The molecule has 1 aliphatic heterocycles. The lowest BCUT2D eigenvalue weighted by Crippen LogP contribution is -2.29. The molecular weight excluding hydrogens is 538 g/mol. The molecule has 5 rings (SSSR count). The second kappa shape index (κ2) is 11.1. The zero-order chi connectivity index (χ0) is 28.7. The van der Waals surface area contributed by atoms with Crippen molar-refractivity contribution in [2.24, 2.45) is 5.92 Å². The van der Waals surface area contributed by atoms with E-state index in [0.29, 0.717) is 10.1 Å². The molecule has 1 saturated heterocycles. The Morgan fingerprint density at radius 3 is 2.48 bits per heavy atom. The number of thiocarbonyl (C=S) groups is 1. The van der Waals surface area contributed by atoms with Gasteiger partial charge in [0.1, 0.15) is 0 Å². The van der Waals surface area contributed by atoms with Crippen LogP contribution in [0, 0.1) is 33.6 Å². The van der Waals surface area contributed by atoms with Crippen LogP contribution in [0.15, 0.2) is 66.9 Å². The summed E-state index contributed by atoms with van der Waals surface area (Å²) in [6, 6.07) is 19.9. The number of nitrogens with one attached hydrogen (secondary N) is 2. The van der Waals surface area contributed by atoms with Gasteiger partial charge in [-0.3, -0.25) is 9.78 Å². The predicted octanol–water partition coefficient (Wildman–Crippen LogP) is 7.53. The second-order valence-corrected chi connectivity index (χ2v) is 11.6. The number of aromatic nitrogens is 2. The average molecular weight is 572 g/mol. The summed E-state index contributed by atoms with van der Waals surface area (Å²) in [6.07, 6.45) is 1.81. The SMILES string of the molecule is Cc1cc(N2C(=S)NC(c3ccccn3)C2c2cc(C)n(-c3cc(Cl)ccc3C)c2C)ccc1NC(=O)C(C)C. The maximum absolute atomic E-state index is 12.4. The number of amides is 1. The van der Waals surface area contributed by atoms with Crippen LogP contribution in [0.4, 0.5) is 11.4 Å². The van der Waals surface area contributed by atoms with Gasteiger partial charge in [0.15, 0.2) is 5.11 Å². The van der Waals surface area contributed by atoms with Gasteiger partial charge in [0.05, 0.1) is 17.8 Å². The number of pyridine rings is 1. The van der Waals surface area contributed by atoms with Crippen LogP contribution < -0.4 is 15.5 Å². The van der Waals surface area contributed by atoms with Gasteiger partial charge < -0.3 is 20.1 Å². The van der Waals surface area contributed by atoms with E-state index in [-0.39, 0.29) is 23.9 Å². The Morgan fingerprint density at radius 1 is 1.02 bits per heavy atom. The van der Waals surface area contributed by atoms with Crippen molar-refractivity contribution in [2.45, 2.75) is 53.6 Å².